The summed E-state index contributed by atoms with van der Waals surface area (Å²) in [5.41, 5.74) is 2.25. The number of benzene rings is 1. The Morgan fingerprint density at radius 2 is 2.00 bits per heavy atom. The third-order valence-electron chi connectivity index (χ3n) is 4.31. The first-order valence-corrected chi connectivity index (χ1v) is 9.31. The second-order valence-electron chi connectivity index (χ2n) is 5.80. The number of hydrogen-bond donors (Lipinski definition) is 2. The first-order chi connectivity index (χ1) is 10.1. The molecule has 2 N–H and O–H groups in total. The second kappa shape index (κ2) is 7.38. The Morgan fingerprint density at radius 3 is 2.57 bits per heavy atom. The van der Waals surface area contributed by atoms with Crippen molar-refractivity contribution in [2.45, 2.75) is 50.5 Å². The molecule has 0 aromatic heterocycles. The minimum absolute atomic E-state index is 0.374. The van der Waals surface area contributed by atoms with Crippen molar-refractivity contribution in [1.29, 1.82) is 0 Å². The van der Waals surface area contributed by atoms with Gasteiger partial charge in [0.1, 0.15) is 0 Å². The Kier molecular flexibility index (Phi) is 5.79. The van der Waals surface area contributed by atoms with Crippen LogP contribution in [0.2, 0.25) is 0 Å². The van der Waals surface area contributed by atoms with E-state index in [1.54, 1.807) is 12.1 Å². The lowest BCUT2D eigenvalue weighted by Crippen LogP contribution is -2.27. The fourth-order valence-corrected chi connectivity index (χ4v) is 3.83. The van der Waals surface area contributed by atoms with Crippen LogP contribution in [0.5, 0.6) is 0 Å². The summed E-state index contributed by atoms with van der Waals surface area (Å²) >= 11 is 0. The minimum atomic E-state index is -3.38. The molecule has 1 saturated carbocycles. The van der Waals surface area contributed by atoms with Crippen molar-refractivity contribution in [2.24, 2.45) is 5.92 Å². The van der Waals surface area contributed by atoms with E-state index in [1.165, 1.54) is 24.8 Å². The van der Waals surface area contributed by atoms with E-state index in [-0.39, 0.29) is 0 Å². The molecule has 118 valence electrons. The van der Waals surface area contributed by atoms with Crippen LogP contribution in [0, 0.1) is 5.92 Å². The molecule has 0 aliphatic heterocycles. The largest absolute Gasteiger partial charge is 0.316 e. The summed E-state index contributed by atoms with van der Waals surface area (Å²) < 4.78 is 27.4. The summed E-state index contributed by atoms with van der Waals surface area (Å²) in [6.45, 7) is 3.32. The van der Waals surface area contributed by atoms with Crippen LogP contribution in [0.25, 0.3) is 0 Å². The Bertz CT molecular complexity index is 566. The smallest absolute Gasteiger partial charge is 0.240 e. The fraction of sp³-hybridized carbons (Fsp3) is 0.625. The molecule has 0 atom stereocenters. The predicted octanol–water partition coefficient (Wildman–Crippen LogP) is 2.44. The van der Waals surface area contributed by atoms with Gasteiger partial charge in [0.05, 0.1) is 4.90 Å². The number of aryl methyl sites for hydroxylation is 1. The maximum atomic E-state index is 12.3. The molecule has 1 aliphatic carbocycles. The molecule has 1 aromatic rings. The minimum Gasteiger partial charge on any atom is -0.316 e. The van der Waals surface area contributed by atoms with Gasteiger partial charge in [-0.3, -0.25) is 0 Å². The van der Waals surface area contributed by atoms with Crippen molar-refractivity contribution in [2.75, 3.05) is 13.6 Å². The van der Waals surface area contributed by atoms with Crippen molar-refractivity contribution in [3.8, 4) is 0 Å². The quantitative estimate of drug-likeness (QED) is 0.775. The third-order valence-corrected chi connectivity index (χ3v) is 5.76. The molecule has 0 heterocycles. The predicted molar refractivity (Wildman–Crippen MR) is 85.7 cm³/mol. The first kappa shape index (κ1) is 16.5. The van der Waals surface area contributed by atoms with E-state index in [2.05, 4.69) is 17.0 Å². The van der Waals surface area contributed by atoms with E-state index in [1.807, 2.05) is 13.1 Å². The summed E-state index contributed by atoms with van der Waals surface area (Å²) in [7, 11) is -1.51. The second-order valence-corrected chi connectivity index (χ2v) is 7.56. The highest BCUT2D eigenvalue weighted by molar-refractivity contribution is 7.89. The van der Waals surface area contributed by atoms with E-state index in [0.717, 1.165) is 24.3 Å². The summed E-state index contributed by atoms with van der Waals surface area (Å²) in [4.78, 5) is 0.374. The molecule has 0 bridgehead atoms. The first-order valence-electron chi connectivity index (χ1n) is 7.83. The normalized spacial score (nSPS) is 15.9. The fourth-order valence-electron chi connectivity index (χ4n) is 2.73. The highest BCUT2D eigenvalue weighted by Crippen LogP contribution is 2.28. The van der Waals surface area contributed by atoms with Crippen LogP contribution in [0.15, 0.2) is 23.1 Å². The maximum Gasteiger partial charge on any atom is 0.240 e. The van der Waals surface area contributed by atoms with Crippen LogP contribution in [0.1, 0.15) is 43.7 Å². The Hall–Kier alpha value is -0.910. The zero-order valence-corrected chi connectivity index (χ0v) is 13.8. The average molecular weight is 310 g/mol. The number of nitrogens with one attached hydrogen (secondary N) is 2. The average Bonchev–Trinajstić information content (AvgIpc) is 2.42. The van der Waals surface area contributed by atoms with E-state index >= 15 is 0 Å². The zero-order chi connectivity index (χ0) is 15.3. The number of hydrogen-bond acceptors (Lipinski definition) is 3. The molecule has 1 aliphatic rings. The van der Waals surface area contributed by atoms with Gasteiger partial charge in [0.25, 0.3) is 0 Å². The van der Waals surface area contributed by atoms with Crippen molar-refractivity contribution in [3.05, 3.63) is 29.3 Å². The van der Waals surface area contributed by atoms with Gasteiger partial charge in [0, 0.05) is 13.1 Å². The highest BCUT2D eigenvalue weighted by atomic mass is 32.2. The van der Waals surface area contributed by atoms with Crippen LogP contribution in [-0.2, 0) is 23.0 Å². The molecule has 1 aromatic carbocycles. The monoisotopic (exact) mass is 310 g/mol. The van der Waals surface area contributed by atoms with Crippen LogP contribution >= 0.6 is 0 Å². The summed E-state index contributed by atoms with van der Waals surface area (Å²) in [6, 6.07) is 5.43. The maximum absolute atomic E-state index is 12.3. The van der Waals surface area contributed by atoms with Crippen LogP contribution in [-0.4, -0.2) is 22.0 Å². The highest BCUT2D eigenvalue weighted by Gasteiger charge is 2.19. The van der Waals surface area contributed by atoms with E-state index in [4.69, 9.17) is 0 Å². The van der Waals surface area contributed by atoms with Crippen LogP contribution < -0.4 is 10.0 Å². The molecule has 2 rings (SSSR count). The SMILES string of the molecule is CCc1ccc(S(=O)(=O)NCCC2CCC2)cc1CNC. The van der Waals surface area contributed by atoms with Crippen molar-refractivity contribution >= 4 is 10.0 Å². The zero-order valence-electron chi connectivity index (χ0n) is 13.0. The summed E-state index contributed by atoms with van der Waals surface area (Å²) in [6.07, 6.45) is 5.66. The van der Waals surface area contributed by atoms with Crippen LogP contribution in [0.4, 0.5) is 0 Å². The van der Waals surface area contributed by atoms with Gasteiger partial charge in [0.15, 0.2) is 0 Å². The van der Waals surface area contributed by atoms with Crippen molar-refractivity contribution in [3.63, 3.8) is 0 Å². The number of sulfonamides is 1. The number of rotatable bonds is 8. The topological polar surface area (TPSA) is 58.2 Å². The van der Waals surface area contributed by atoms with E-state index < -0.39 is 10.0 Å². The van der Waals surface area contributed by atoms with E-state index in [9.17, 15) is 8.42 Å². The third kappa shape index (κ3) is 4.28. The molecular formula is C16H26N2O2S. The van der Waals surface area contributed by atoms with Gasteiger partial charge < -0.3 is 5.32 Å². The van der Waals surface area contributed by atoms with Gasteiger partial charge in [-0.25, -0.2) is 13.1 Å². The molecule has 4 nitrogen and oxygen atoms in total. The van der Waals surface area contributed by atoms with Crippen molar-refractivity contribution in [1.82, 2.24) is 10.0 Å². The standard InChI is InChI=1S/C16H26N2O2S/c1-3-14-7-8-16(11-15(14)12-17-2)21(19,20)18-10-9-13-5-4-6-13/h7-8,11,13,17-18H,3-6,9-10,12H2,1-2H3. The summed E-state index contributed by atoms with van der Waals surface area (Å²) in [5, 5.41) is 3.10. The molecule has 0 unspecified atom stereocenters. The summed E-state index contributed by atoms with van der Waals surface area (Å²) in [5.74, 6) is 0.718. The van der Waals surface area contributed by atoms with Gasteiger partial charge in [-0.15, -0.1) is 0 Å². The van der Waals surface area contributed by atoms with Gasteiger partial charge in [-0.1, -0.05) is 32.3 Å². The molecule has 21 heavy (non-hydrogen) atoms. The Balaban J connectivity index is 2.05. The van der Waals surface area contributed by atoms with Gasteiger partial charge in [-0.05, 0) is 49.1 Å². The Labute approximate surface area is 128 Å². The molecule has 0 spiro atoms. The Morgan fingerprint density at radius 1 is 1.24 bits per heavy atom. The molecular weight excluding hydrogens is 284 g/mol. The molecule has 1 fully saturated rings. The van der Waals surface area contributed by atoms with Gasteiger partial charge >= 0.3 is 0 Å². The lowest BCUT2D eigenvalue weighted by atomic mass is 9.83. The molecule has 0 radical (unpaired) electrons. The van der Waals surface area contributed by atoms with Gasteiger partial charge in [-0.2, -0.15) is 0 Å². The molecule has 0 amide bonds. The lowest BCUT2D eigenvalue weighted by Gasteiger charge is -2.25. The lowest BCUT2D eigenvalue weighted by molar-refractivity contribution is 0.297. The van der Waals surface area contributed by atoms with Crippen molar-refractivity contribution < 1.29 is 8.42 Å². The molecule has 5 heteroatoms. The van der Waals surface area contributed by atoms with Gasteiger partial charge in [0.2, 0.25) is 10.0 Å². The van der Waals surface area contributed by atoms with E-state index in [0.29, 0.717) is 18.0 Å². The molecule has 0 saturated heterocycles. The van der Waals surface area contributed by atoms with Crippen LogP contribution in [0.3, 0.4) is 0 Å².